The number of aliphatic hydroxyl groups is 4. The lowest BCUT2D eigenvalue weighted by Gasteiger charge is -2.44. The van der Waals surface area contributed by atoms with Gasteiger partial charge in [0.25, 0.3) is 5.91 Å². The van der Waals surface area contributed by atoms with Gasteiger partial charge in [-0.1, -0.05) is 48.5 Å². The summed E-state index contributed by atoms with van der Waals surface area (Å²) in [6, 6.07) is 17.7. The topological polar surface area (TPSA) is 110 Å². The predicted molar refractivity (Wildman–Crippen MR) is 96.5 cm³/mol. The largest absolute Gasteiger partial charge is 0.394 e. The minimum atomic E-state index is -1.55. The molecule has 1 aliphatic rings. The maximum atomic E-state index is 13.1. The molecule has 0 radical (unpaired) electrons. The maximum absolute atomic E-state index is 13.1. The van der Waals surface area contributed by atoms with Crippen molar-refractivity contribution in [1.82, 2.24) is 4.90 Å². The number of hydrogen-bond donors (Lipinski definition) is 4. The molecule has 2 aromatic rings. The van der Waals surface area contributed by atoms with Crippen LogP contribution < -0.4 is 0 Å². The number of aliphatic hydroxyl groups excluding tert-OH is 4. The molecule has 144 valence electrons. The third-order valence-electron chi connectivity index (χ3n) is 4.65. The molecular formula is C20H23NO6. The Morgan fingerprint density at radius 1 is 0.889 bits per heavy atom. The summed E-state index contributed by atoms with van der Waals surface area (Å²) in [5.74, 6) is -0.399. The van der Waals surface area contributed by atoms with Gasteiger partial charge in [0.05, 0.1) is 6.61 Å². The molecule has 7 heteroatoms. The molecule has 1 amide bonds. The molecular weight excluding hydrogens is 350 g/mol. The van der Waals surface area contributed by atoms with Crippen molar-refractivity contribution in [2.24, 2.45) is 0 Å². The molecule has 0 aliphatic carbocycles. The Kier molecular flexibility index (Phi) is 6.20. The second-order valence-electron chi connectivity index (χ2n) is 6.50. The second-order valence-corrected chi connectivity index (χ2v) is 6.50. The van der Waals surface area contributed by atoms with E-state index in [0.717, 1.165) is 5.56 Å². The van der Waals surface area contributed by atoms with E-state index in [1.54, 1.807) is 30.3 Å². The van der Waals surface area contributed by atoms with Crippen LogP contribution in [0.2, 0.25) is 0 Å². The van der Waals surface area contributed by atoms with Crippen LogP contribution in [0.4, 0.5) is 0 Å². The summed E-state index contributed by atoms with van der Waals surface area (Å²) in [7, 11) is 0. The highest BCUT2D eigenvalue weighted by Crippen LogP contribution is 2.26. The number of carbonyl (C=O) groups is 1. The molecule has 1 heterocycles. The molecule has 0 saturated carbocycles. The zero-order valence-corrected chi connectivity index (χ0v) is 14.6. The number of nitrogens with zero attached hydrogens (tertiary/aromatic N) is 1. The summed E-state index contributed by atoms with van der Waals surface area (Å²) < 4.78 is 5.60. The van der Waals surface area contributed by atoms with E-state index in [4.69, 9.17) is 4.74 Å². The first-order valence-electron chi connectivity index (χ1n) is 8.73. The third kappa shape index (κ3) is 4.18. The summed E-state index contributed by atoms with van der Waals surface area (Å²) in [5, 5.41) is 40.0. The van der Waals surface area contributed by atoms with Crippen LogP contribution in [0.25, 0.3) is 0 Å². The normalized spacial score (nSPS) is 27.9. The van der Waals surface area contributed by atoms with Crippen LogP contribution in [0, 0.1) is 0 Å². The van der Waals surface area contributed by atoms with Crippen LogP contribution in [-0.4, -0.2) is 68.5 Å². The van der Waals surface area contributed by atoms with Gasteiger partial charge in [-0.05, 0) is 17.7 Å². The molecule has 1 aliphatic heterocycles. The molecule has 5 atom stereocenters. The average molecular weight is 373 g/mol. The summed E-state index contributed by atoms with van der Waals surface area (Å²) in [6.07, 6.45) is -6.88. The number of hydrogen-bond acceptors (Lipinski definition) is 6. The van der Waals surface area contributed by atoms with Crippen LogP contribution in [0.15, 0.2) is 60.7 Å². The van der Waals surface area contributed by atoms with E-state index in [1.807, 2.05) is 30.3 Å². The summed E-state index contributed by atoms with van der Waals surface area (Å²) >= 11 is 0. The van der Waals surface area contributed by atoms with Gasteiger partial charge >= 0.3 is 0 Å². The van der Waals surface area contributed by atoms with E-state index in [2.05, 4.69) is 0 Å². The third-order valence-corrected chi connectivity index (χ3v) is 4.65. The van der Waals surface area contributed by atoms with Crippen LogP contribution in [0.5, 0.6) is 0 Å². The van der Waals surface area contributed by atoms with Gasteiger partial charge in [0.1, 0.15) is 24.4 Å². The van der Waals surface area contributed by atoms with E-state index in [1.165, 1.54) is 4.90 Å². The van der Waals surface area contributed by atoms with Crippen molar-refractivity contribution in [1.29, 1.82) is 0 Å². The molecule has 0 unspecified atom stereocenters. The molecule has 2 aromatic carbocycles. The Hall–Kier alpha value is -2.29. The molecule has 0 spiro atoms. The minimum Gasteiger partial charge on any atom is -0.394 e. The Bertz CT molecular complexity index is 739. The van der Waals surface area contributed by atoms with Crippen LogP contribution in [0.1, 0.15) is 15.9 Å². The van der Waals surface area contributed by atoms with Gasteiger partial charge in [0, 0.05) is 12.1 Å². The van der Waals surface area contributed by atoms with Gasteiger partial charge in [-0.2, -0.15) is 0 Å². The lowest BCUT2D eigenvalue weighted by molar-refractivity contribution is -0.258. The monoisotopic (exact) mass is 373 g/mol. The Morgan fingerprint density at radius 3 is 2.07 bits per heavy atom. The fourth-order valence-corrected chi connectivity index (χ4v) is 3.14. The first kappa shape index (κ1) is 19.5. The lowest BCUT2D eigenvalue weighted by atomic mass is 9.97. The molecule has 0 aromatic heterocycles. The highest BCUT2D eigenvalue weighted by Gasteiger charge is 2.47. The van der Waals surface area contributed by atoms with E-state index >= 15 is 0 Å². The molecule has 4 N–H and O–H groups in total. The van der Waals surface area contributed by atoms with Gasteiger partial charge in [-0.3, -0.25) is 4.79 Å². The van der Waals surface area contributed by atoms with Gasteiger partial charge < -0.3 is 30.1 Å². The average Bonchev–Trinajstić information content (AvgIpc) is 2.72. The molecule has 1 fully saturated rings. The summed E-state index contributed by atoms with van der Waals surface area (Å²) in [6.45, 7) is -0.433. The fourth-order valence-electron chi connectivity index (χ4n) is 3.14. The summed E-state index contributed by atoms with van der Waals surface area (Å²) in [5.41, 5.74) is 1.20. The summed E-state index contributed by atoms with van der Waals surface area (Å²) in [4.78, 5) is 14.4. The molecule has 27 heavy (non-hydrogen) atoms. The van der Waals surface area contributed by atoms with Crippen molar-refractivity contribution < 1.29 is 30.0 Å². The highest BCUT2D eigenvalue weighted by molar-refractivity contribution is 5.94. The van der Waals surface area contributed by atoms with Crippen molar-refractivity contribution >= 4 is 5.91 Å². The second kappa shape index (κ2) is 8.60. The molecule has 0 bridgehead atoms. The predicted octanol–water partition coefficient (Wildman–Crippen LogP) is 0.129. The number of amides is 1. The molecule has 7 nitrogen and oxygen atoms in total. The first-order chi connectivity index (χ1) is 13.0. The standard InChI is InChI=1S/C20H23NO6/c22-12-15-16(23)17(24)18(25)20(27-15)21(11-13-7-3-1-4-8-13)19(26)14-9-5-2-6-10-14/h1-10,15-18,20,22-25H,11-12H2/t15-,16+,17+,18-,20-/m1/s1. The van der Waals surface area contributed by atoms with Gasteiger partial charge in [-0.15, -0.1) is 0 Å². The zero-order valence-electron chi connectivity index (χ0n) is 14.6. The van der Waals surface area contributed by atoms with E-state index in [-0.39, 0.29) is 6.54 Å². The van der Waals surface area contributed by atoms with Gasteiger partial charge in [0.15, 0.2) is 6.23 Å². The fraction of sp³-hybridized carbons (Fsp3) is 0.350. The highest BCUT2D eigenvalue weighted by atomic mass is 16.6. The van der Waals surface area contributed by atoms with Crippen molar-refractivity contribution in [3.05, 3.63) is 71.8 Å². The Morgan fingerprint density at radius 2 is 1.48 bits per heavy atom. The quantitative estimate of drug-likeness (QED) is 0.593. The minimum absolute atomic E-state index is 0.122. The lowest BCUT2D eigenvalue weighted by Crippen LogP contribution is -2.63. The maximum Gasteiger partial charge on any atom is 0.256 e. The number of rotatable bonds is 5. The first-order valence-corrected chi connectivity index (χ1v) is 8.73. The van der Waals surface area contributed by atoms with E-state index in [0.29, 0.717) is 5.56 Å². The van der Waals surface area contributed by atoms with Crippen molar-refractivity contribution in [3.63, 3.8) is 0 Å². The Balaban J connectivity index is 1.94. The van der Waals surface area contributed by atoms with Crippen molar-refractivity contribution in [3.8, 4) is 0 Å². The van der Waals surface area contributed by atoms with Gasteiger partial charge in [0.2, 0.25) is 0 Å². The molecule has 3 rings (SSSR count). The number of ether oxygens (including phenoxy) is 1. The molecule has 1 saturated heterocycles. The number of benzene rings is 2. The van der Waals surface area contributed by atoms with Crippen molar-refractivity contribution in [2.75, 3.05) is 6.61 Å². The van der Waals surface area contributed by atoms with Crippen LogP contribution in [-0.2, 0) is 11.3 Å². The zero-order chi connectivity index (χ0) is 19.4. The van der Waals surface area contributed by atoms with Gasteiger partial charge in [-0.25, -0.2) is 0 Å². The van der Waals surface area contributed by atoms with E-state index in [9.17, 15) is 25.2 Å². The number of carbonyl (C=O) groups excluding carboxylic acids is 1. The Labute approximate surface area is 157 Å². The van der Waals surface area contributed by atoms with Crippen LogP contribution in [0.3, 0.4) is 0 Å². The SMILES string of the molecule is O=C(c1ccccc1)N(Cc1ccccc1)[C@@H]1O[C@H](CO)[C@H](O)[C@H](O)[C@H]1O. The smallest absolute Gasteiger partial charge is 0.256 e. The van der Waals surface area contributed by atoms with E-state index < -0.39 is 43.2 Å². The van der Waals surface area contributed by atoms with Crippen LogP contribution >= 0.6 is 0 Å². The van der Waals surface area contributed by atoms with Crippen molar-refractivity contribution in [2.45, 2.75) is 37.2 Å².